The van der Waals surface area contributed by atoms with Gasteiger partial charge >= 0.3 is 6.03 Å². The zero-order chi connectivity index (χ0) is 34.9. The van der Waals surface area contributed by atoms with Crippen molar-refractivity contribution in [2.45, 2.75) is 24.5 Å². The highest BCUT2D eigenvalue weighted by Crippen LogP contribution is 2.52. The second-order valence-electron chi connectivity index (χ2n) is 12.3. The largest absolute Gasteiger partial charge is 0.505 e. The van der Waals surface area contributed by atoms with Crippen LogP contribution in [0.1, 0.15) is 22.3 Å². The molecule has 5 rings (SSSR count). The molecule has 2 aromatic rings. The number of primary amides is 1. The quantitative estimate of drug-likeness (QED) is 0.126. The molecule has 0 aromatic heterocycles. The van der Waals surface area contributed by atoms with Gasteiger partial charge in [-0.2, -0.15) is 0 Å². The summed E-state index contributed by atoms with van der Waals surface area (Å²) in [4.78, 5) is 93.8. The molecule has 3 aliphatic carbocycles. The summed E-state index contributed by atoms with van der Waals surface area (Å²) in [5.74, 6) is -12.3. The van der Waals surface area contributed by atoms with Crippen LogP contribution in [0.5, 0.6) is 5.75 Å². The van der Waals surface area contributed by atoms with Crippen LogP contribution in [0.25, 0.3) is 0 Å². The molecule has 2 saturated carbocycles. The normalized spacial score (nSPS) is 26.7. The van der Waals surface area contributed by atoms with E-state index in [1.54, 1.807) is 19.0 Å². The fourth-order valence-electron chi connectivity index (χ4n) is 7.18. The number of likely N-dealkylation sites (N-methyl/N-ethyl adjacent to an activating group) is 1. The topological polar surface area (TPSA) is 243 Å². The number of amides is 3. The Kier molecular flexibility index (Phi) is 8.32. The van der Waals surface area contributed by atoms with Crippen LogP contribution < -0.4 is 21.3 Å². The third-order valence-corrected chi connectivity index (χ3v) is 9.41. The van der Waals surface area contributed by atoms with Crippen LogP contribution in [-0.2, 0) is 25.6 Å². The minimum atomic E-state index is -2.89. The first-order chi connectivity index (χ1) is 21.9. The standard InChI is InChI=1S/C30H31ClN6O10/c1-35(2)17-10-16(34-29(44)33-15-6-5-12(31)9-18(15)37(46)47)23(38)20-13(17)7-11-8-14-22(36(3)4)25(40)21(28(32)43)27(42)30(14,45)26(41)19(11)24(20)39/h5-6,9-11,14,19,21-22,38,45H,7-8H2,1-4H3,(H2,32,43)(H2,33,34,44)/t11-,14-,19?,21?,22-,30-/m1/s1. The number of nitrogens with two attached hydrogens (primary N) is 1. The number of nitro groups is 1. The van der Waals surface area contributed by atoms with Gasteiger partial charge in [0.1, 0.15) is 11.4 Å². The number of nitro benzene ring substituents is 1. The molecule has 16 nitrogen and oxygen atoms in total. The number of Topliss-reactive ketones (excluding diaryl/α,β-unsaturated/α-hetero) is 4. The summed E-state index contributed by atoms with van der Waals surface area (Å²) >= 11 is 5.84. The number of rotatable bonds is 6. The van der Waals surface area contributed by atoms with E-state index >= 15 is 0 Å². The van der Waals surface area contributed by atoms with Crippen molar-refractivity contribution in [3.63, 3.8) is 0 Å². The molecule has 2 fully saturated rings. The Labute approximate surface area is 272 Å². The molecule has 0 saturated heterocycles. The Balaban J connectivity index is 1.56. The van der Waals surface area contributed by atoms with Crippen molar-refractivity contribution in [3.8, 4) is 5.75 Å². The van der Waals surface area contributed by atoms with E-state index < -0.39 is 86.7 Å². The van der Waals surface area contributed by atoms with Gasteiger partial charge in [-0.25, -0.2) is 4.79 Å². The van der Waals surface area contributed by atoms with Crippen LogP contribution >= 0.6 is 11.6 Å². The lowest BCUT2D eigenvalue weighted by atomic mass is 9.52. The SMILES string of the molecule is CN(C)c1cc(NC(=O)Nc2ccc(Cl)cc2[N+](=O)[O-])c(O)c2c1C[C@@H]1C[C@@H]3[C@@H](N(C)C)C(=O)C(C(N)=O)C(=O)[C@]3(O)C(=O)C1C2=O. The van der Waals surface area contributed by atoms with Crippen LogP contribution in [0.2, 0.25) is 5.02 Å². The van der Waals surface area contributed by atoms with Crippen LogP contribution in [0.4, 0.5) is 27.5 Å². The first kappa shape index (κ1) is 33.4. The van der Waals surface area contributed by atoms with Gasteiger partial charge in [0.15, 0.2) is 34.7 Å². The summed E-state index contributed by atoms with van der Waals surface area (Å²) in [6.07, 6.45) is -0.115. The van der Waals surface area contributed by atoms with Crippen molar-refractivity contribution >= 4 is 69.4 Å². The highest BCUT2D eigenvalue weighted by Gasteiger charge is 2.69. The second-order valence-corrected chi connectivity index (χ2v) is 12.8. The van der Waals surface area contributed by atoms with E-state index in [4.69, 9.17) is 17.3 Å². The molecule has 2 aromatic carbocycles. The molecular weight excluding hydrogens is 640 g/mol. The monoisotopic (exact) mass is 670 g/mol. The minimum absolute atomic E-state index is 0.0103. The van der Waals surface area contributed by atoms with E-state index in [0.29, 0.717) is 11.3 Å². The van der Waals surface area contributed by atoms with Crippen molar-refractivity contribution in [3.05, 3.63) is 50.5 Å². The minimum Gasteiger partial charge on any atom is -0.505 e. The maximum Gasteiger partial charge on any atom is 0.323 e. The zero-order valence-electron chi connectivity index (χ0n) is 25.6. The highest BCUT2D eigenvalue weighted by atomic mass is 35.5. The van der Waals surface area contributed by atoms with Crippen LogP contribution in [0.3, 0.4) is 0 Å². The summed E-state index contributed by atoms with van der Waals surface area (Å²) in [6, 6.07) is 2.68. The molecular formula is C30H31ClN6O10. The zero-order valence-corrected chi connectivity index (χ0v) is 26.3. The van der Waals surface area contributed by atoms with E-state index in [0.717, 1.165) is 6.07 Å². The second kappa shape index (κ2) is 11.7. The van der Waals surface area contributed by atoms with Gasteiger partial charge < -0.3 is 31.5 Å². The van der Waals surface area contributed by atoms with Crippen molar-refractivity contribution in [2.24, 2.45) is 29.4 Å². The number of hydrogen-bond acceptors (Lipinski definition) is 12. The first-order valence-corrected chi connectivity index (χ1v) is 14.7. The number of carbonyl (C=O) groups excluding carboxylic acids is 6. The number of anilines is 3. The van der Waals surface area contributed by atoms with Gasteiger partial charge in [-0.1, -0.05) is 11.6 Å². The van der Waals surface area contributed by atoms with E-state index in [1.807, 2.05) is 0 Å². The Morgan fingerprint density at radius 1 is 1.06 bits per heavy atom. The fraction of sp³-hybridized carbons (Fsp3) is 0.400. The number of aromatic hydroxyl groups is 1. The molecule has 248 valence electrons. The molecule has 2 unspecified atom stereocenters. The fourth-order valence-corrected chi connectivity index (χ4v) is 7.35. The lowest BCUT2D eigenvalue weighted by molar-refractivity contribution is -0.383. The Morgan fingerprint density at radius 3 is 2.28 bits per heavy atom. The number of carbonyl (C=O) groups is 6. The van der Waals surface area contributed by atoms with Gasteiger partial charge in [0.05, 0.1) is 28.1 Å². The van der Waals surface area contributed by atoms with E-state index in [1.165, 1.54) is 37.2 Å². The predicted octanol–water partition coefficient (Wildman–Crippen LogP) is 1.14. The molecule has 0 bridgehead atoms. The van der Waals surface area contributed by atoms with Gasteiger partial charge in [-0.3, -0.25) is 39.0 Å². The lowest BCUT2D eigenvalue weighted by Crippen LogP contribution is -2.74. The van der Waals surface area contributed by atoms with Crippen molar-refractivity contribution in [2.75, 3.05) is 43.7 Å². The number of urea groups is 1. The average Bonchev–Trinajstić information content (AvgIpc) is 2.96. The predicted molar refractivity (Wildman–Crippen MR) is 166 cm³/mol. The van der Waals surface area contributed by atoms with E-state index in [9.17, 15) is 49.1 Å². The number of phenols is 1. The van der Waals surface area contributed by atoms with E-state index in [-0.39, 0.29) is 34.8 Å². The van der Waals surface area contributed by atoms with E-state index in [2.05, 4.69) is 10.6 Å². The highest BCUT2D eigenvalue weighted by molar-refractivity contribution is 6.33. The smallest absolute Gasteiger partial charge is 0.323 e. The number of hydrogen-bond donors (Lipinski definition) is 5. The molecule has 17 heteroatoms. The summed E-state index contributed by atoms with van der Waals surface area (Å²) < 4.78 is 0. The maximum absolute atomic E-state index is 14.1. The van der Waals surface area contributed by atoms with Gasteiger partial charge in [0.25, 0.3) is 5.69 Å². The summed E-state index contributed by atoms with van der Waals surface area (Å²) in [5, 5.41) is 39.3. The van der Waals surface area contributed by atoms with Crippen LogP contribution in [0.15, 0.2) is 24.3 Å². The number of fused-ring (bicyclic) bond motifs is 3. The van der Waals surface area contributed by atoms with Crippen LogP contribution in [-0.4, -0.2) is 94.9 Å². The van der Waals surface area contributed by atoms with Crippen molar-refractivity contribution < 1.29 is 43.9 Å². The molecule has 0 radical (unpaired) electrons. The summed E-state index contributed by atoms with van der Waals surface area (Å²) in [5.41, 5.74) is 1.83. The van der Waals surface area contributed by atoms with Gasteiger partial charge in [0.2, 0.25) is 5.91 Å². The third-order valence-electron chi connectivity index (χ3n) is 9.17. The third kappa shape index (κ3) is 5.17. The molecule has 0 heterocycles. The number of phenolic OH excluding ortho intramolecular Hbond substituents is 1. The molecule has 0 spiro atoms. The summed E-state index contributed by atoms with van der Waals surface area (Å²) in [6.45, 7) is 0. The Morgan fingerprint density at radius 2 is 1.70 bits per heavy atom. The number of aliphatic hydroxyl groups is 1. The van der Waals surface area contributed by atoms with Crippen LogP contribution in [0, 0.1) is 33.8 Å². The van der Waals surface area contributed by atoms with Crippen molar-refractivity contribution in [1.82, 2.24) is 4.90 Å². The van der Waals surface area contributed by atoms with Gasteiger partial charge in [-0.05, 0) is 56.6 Å². The number of benzene rings is 2. The molecule has 6 atom stereocenters. The number of halogens is 1. The Hall–Kier alpha value is -4.93. The molecule has 3 amide bonds. The average molecular weight is 671 g/mol. The lowest BCUT2D eigenvalue weighted by Gasteiger charge is -2.52. The molecule has 47 heavy (non-hydrogen) atoms. The first-order valence-electron chi connectivity index (χ1n) is 14.3. The van der Waals surface area contributed by atoms with Crippen molar-refractivity contribution in [1.29, 1.82) is 0 Å². The maximum atomic E-state index is 14.1. The Bertz CT molecular complexity index is 1790. The number of nitrogens with zero attached hydrogens (tertiary/aromatic N) is 3. The molecule has 6 N–H and O–H groups in total. The number of nitrogens with one attached hydrogen (secondary N) is 2. The van der Waals surface area contributed by atoms with Gasteiger partial charge in [-0.15, -0.1) is 0 Å². The summed E-state index contributed by atoms with van der Waals surface area (Å²) in [7, 11) is 6.26. The van der Waals surface area contributed by atoms with Gasteiger partial charge in [0, 0.05) is 36.8 Å². The molecule has 3 aliphatic rings. The molecule has 0 aliphatic heterocycles. The number of ketones is 4.